The second kappa shape index (κ2) is 17.9. The van der Waals surface area contributed by atoms with E-state index in [9.17, 15) is 9.59 Å². The molecule has 0 unspecified atom stereocenters. The molecule has 3 rings (SSSR count). The van der Waals surface area contributed by atoms with Crippen molar-refractivity contribution in [1.82, 2.24) is 0 Å². The van der Waals surface area contributed by atoms with E-state index in [4.69, 9.17) is 28.4 Å². The van der Waals surface area contributed by atoms with Crippen LogP contribution in [0.4, 0.5) is 0 Å². The van der Waals surface area contributed by atoms with E-state index in [1.807, 2.05) is 25.1 Å². The topological polar surface area (TPSA) is 89.5 Å². The quantitative estimate of drug-likeness (QED) is 0.0369. The minimum atomic E-state index is -0.453. The maximum absolute atomic E-state index is 12.6. The highest BCUT2D eigenvalue weighted by molar-refractivity contribution is 5.91. The number of carbonyl (C=O) groups is 2. The van der Waals surface area contributed by atoms with E-state index < -0.39 is 11.9 Å². The van der Waals surface area contributed by atoms with Crippen LogP contribution in [0.3, 0.4) is 0 Å². The Bertz CT molecular complexity index is 1280. The number of aryl methyl sites for hydroxylation is 1. The molecule has 3 aromatic rings. The normalized spacial score (nSPS) is 10.3. The van der Waals surface area contributed by atoms with Gasteiger partial charge in [0.15, 0.2) is 0 Å². The molecule has 0 fully saturated rings. The summed E-state index contributed by atoms with van der Waals surface area (Å²) in [5.41, 5.74) is 1.23. The molecule has 0 aromatic heterocycles. The van der Waals surface area contributed by atoms with Crippen LogP contribution in [0.15, 0.2) is 92.0 Å². The SMILES string of the molecule is C=CCCCCOc1ccc(C(=O)Oc2ccc(OCOc3ccc(OCCCCOC(=O)C=C)cc3)c(C)c2)cc1. The summed E-state index contributed by atoms with van der Waals surface area (Å²) >= 11 is 0. The molecule has 0 amide bonds. The summed E-state index contributed by atoms with van der Waals surface area (Å²) in [5.74, 6) is 2.22. The van der Waals surface area contributed by atoms with Crippen LogP contribution in [-0.4, -0.2) is 38.6 Å². The van der Waals surface area contributed by atoms with Crippen molar-refractivity contribution in [3.05, 3.63) is 103 Å². The highest BCUT2D eigenvalue weighted by atomic mass is 16.7. The molecule has 0 aliphatic heterocycles. The van der Waals surface area contributed by atoms with Crippen LogP contribution in [0.5, 0.6) is 28.7 Å². The lowest BCUT2D eigenvalue weighted by Crippen LogP contribution is -2.09. The van der Waals surface area contributed by atoms with Crippen LogP contribution in [0.1, 0.15) is 48.0 Å². The van der Waals surface area contributed by atoms with Crippen LogP contribution in [0.25, 0.3) is 0 Å². The number of unbranched alkanes of at least 4 members (excludes halogenated alkanes) is 3. The summed E-state index contributed by atoms with van der Waals surface area (Å²) < 4.78 is 33.3. The van der Waals surface area contributed by atoms with Crippen LogP contribution in [0.2, 0.25) is 0 Å². The summed E-state index contributed by atoms with van der Waals surface area (Å²) in [7, 11) is 0. The van der Waals surface area contributed by atoms with Gasteiger partial charge in [-0.1, -0.05) is 12.7 Å². The summed E-state index contributed by atoms with van der Waals surface area (Å²) in [5, 5.41) is 0. The molecule has 0 saturated heterocycles. The summed E-state index contributed by atoms with van der Waals surface area (Å²) in [4.78, 5) is 23.6. The number of benzene rings is 3. The van der Waals surface area contributed by atoms with Gasteiger partial charge in [0.05, 0.1) is 25.4 Å². The Kier molecular flexibility index (Phi) is 13.5. The minimum absolute atomic E-state index is 0.00623. The van der Waals surface area contributed by atoms with Crippen LogP contribution in [0, 0.1) is 6.92 Å². The second-order valence-corrected chi connectivity index (χ2v) is 9.28. The number of ether oxygens (including phenoxy) is 6. The predicted octanol–water partition coefficient (Wildman–Crippen LogP) is 7.25. The average molecular weight is 575 g/mol. The smallest absolute Gasteiger partial charge is 0.343 e. The van der Waals surface area contributed by atoms with Gasteiger partial charge in [0.1, 0.15) is 28.7 Å². The van der Waals surface area contributed by atoms with Crippen molar-refractivity contribution in [3.8, 4) is 28.7 Å². The minimum Gasteiger partial charge on any atom is -0.494 e. The van der Waals surface area contributed by atoms with Gasteiger partial charge in [-0.25, -0.2) is 9.59 Å². The molecule has 0 bridgehead atoms. The second-order valence-electron chi connectivity index (χ2n) is 9.28. The van der Waals surface area contributed by atoms with Crippen molar-refractivity contribution in [1.29, 1.82) is 0 Å². The molecule has 0 saturated carbocycles. The van der Waals surface area contributed by atoms with Gasteiger partial charge in [0.2, 0.25) is 6.79 Å². The number of allylic oxidation sites excluding steroid dienone is 1. The van der Waals surface area contributed by atoms with Gasteiger partial charge in [0.25, 0.3) is 0 Å². The molecular weight excluding hydrogens is 536 g/mol. The first-order chi connectivity index (χ1) is 20.5. The molecule has 0 heterocycles. The maximum Gasteiger partial charge on any atom is 0.343 e. The van der Waals surface area contributed by atoms with Crippen LogP contribution >= 0.6 is 0 Å². The lowest BCUT2D eigenvalue weighted by atomic mass is 10.2. The number of hydrogen-bond acceptors (Lipinski definition) is 8. The fourth-order valence-corrected chi connectivity index (χ4v) is 3.70. The summed E-state index contributed by atoms with van der Waals surface area (Å²) in [6.45, 7) is 10.4. The molecule has 8 heteroatoms. The Morgan fingerprint density at radius 3 is 1.88 bits per heavy atom. The Morgan fingerprint density at radius 2 is 1.26 bits per heavy atom. The van der Waals surface area contributed by atoms with Gasteiger partial charge >= 0.3 is 11.9 Å². The van der Waals surface area contributed by atoms with Crippen molar-refractivity contribution < 1.29 is 38.0 Å². The van der Waals surface area contributed by atoms with Gasteiger partial charge in [-0.15, -0.1) is 6.58 Å². The third-order valence-electron chi connectivity index (χ3n) is 6.00. The molecule has 8 nitrogen and oxygen atoms in total. The molecule has 42 heavy (non-hydrogen) atoms. The molecule has 0 aliphatic rings. The van der Waals surface area contributed by atoms with E-state index in [2.05, 4.69) is 13.2 Å². The molecule has 0 radical (unpaired) electrons. The largest absolute Gasteiger partial charge is 0.494 e. The first-order valence-corrected chi connectivity index (χ1v) is 13.9. The monoisotopic (exact) mass is 574 g/mol. The van der Waals surface area contributed by atoms with Crippen molar-refractivity contribution in [2.75, 3.05) is 26.6 Å². The van der Waals surface area contributed by atoms with Crippen molar-refractivity contribution in [3.63, 3.8) is 0 Å². The van der Waals surface area contributed by atoms with Crippen molar-refractivity contribution in [2.45, 2.75) is 39.0 Å². The molecule has 0 aliphatic carbocycles. The maximum atomic E-state index is 12.6. The standard InChI is InChI=1S/C34H38O8/c1-4-6-7-8-21-37-28-13-11-27(12-14-28)34(36)42-31-19-20-32(26(3)24-31)41-25-40-30-17-15-29(16-18-30)38-22-9-10-23-39-33(35)5-2/h4-5,11-20,24H,1-2,6-10,21-23,25H2,3H3. The Hall–Kier alpha value is -4.72. The van der Waals surface area contributed by atoms with Crippen LogP contribution < -0.4 is 23.7 Å². The van der Waals surface area contributed by atoms with E-state index in [0.717, 1.165) is 37.3 Å². The zero-order valence-electron chi connectivity index (χ0n) is 24.0. The molecule has 3 aromatic carbocycles. The molecule has 222 valence electrons. The fraction of sp³-hybridized carbons (Fsp3) is 0.294. The Morgan fingerprint density at radius 1 is 0.690 bits per heavy atom. The number of hydrogen-bond donors (Lipinski definition) is 0. The fourth-order valence-electron chi connectivity index (χ4n) is 3.70. The van der Waals surface area contributed by atoms with E-state index in [-0.39, 0.29) is 6.79 Å². The summed E-state index contributed by atoms with van der Waals surface area (Å²) in [6, 6.07) is 19.3. The first kappa shape index (κ1) is 31.8. The highest BCUT2D eigenvalue weighted by Crippen LogP contribution is 2.25. The lowest BCUT2D eigenvalue weighted by molar-refractivity contribution is -0.137. The van der Waals surface area contributed by atoms with E-state index in [1.54, 1.807) is 54.6 Å². The zero-order valence-corrected chi connectivity index (χ0v) is 24.0. The summed E-state index contributed by atoms with van der Waals surface area (Å²) in [6.07, 6.45) is 7.47. The number of esters is 2. The molecule has 0 atom stereocenters. The van der Waals surface area contributed by atoms with Gasteiger partial charge in [-0.05, 0) is 111 Å². The third-order valence-corrected chi connectivity index (χ3v) is 6.00. The van der Waals surface area contributed by atoms with E-state index >= 15 is 0 Å². The van der Waals surface area contributed by atoms with E-state index in [0.29, 0.717) is 60.6 Å². The predicted molar refractivity (Wildman–Crippen MR) is 161 cm³/mol. The first-order valence-electron chi connectivity index (χ1n) is 13.9. The Balaban J connectivity index is 1.37. The zero-order chi connectivity index (χ0) is 30.0. The lowest BCUT2D eigenvalue weighted by Gasteiger charge is -2.12. The number of rotatable bonds is 19. The van der Waals surface area contributed by atoms with Crippen LogP contribution in [-0.2, 0) is 9.53 Å². The van der Waals surface area contributed by atoms with E-state index in [1.165, 1.54) is 0 Å². The van der Waals surface area contributed by atoms with Gasteiger partial charge in [0, 0.05) is 6.08 Å². The third kappa shape index (κ3) is 11.4. The average Bonchev–Trinajstić information content (AvgIpc) is 3.00. The molecule has 0 N–H and O–H groups in total. The van der Waals surface area contributed by atoms with Gasteiger partial charge in [-0.3, -0.25) is 0 Å². The van der Waals surface area contributed by atoms with Crippen molar-refractivity contribution >= 4 is 11.9 Å². The Labute approximate surface area is 247 Å². The highest BCUT2D eigenvalue weighted by Gasteiger charge is 2.11. The van der Waals surface area contributed by atoms with Gasteiger partial charge < -0.3 is 28.4 Å². The van der Waals surface area contributed by atoms with Crippen molar-refractivity contribution in [2.24, 2.45) is 0 Å². The van der Waals surface area contributed by atoms with Gasteiger partial charge in [-0.2, -0.15) is 0 Å². The molecule has 0 spiro atoms. The molecular formula is C34H38O8. The number of carbonyl (C=O) groups excluding carboxylic acids is 2.